The molecule has 0 spiro atoms. The van der Waals surface area contributed by atoms with E-state index in [9.17, 15) is 5.11 Å². The molecule has 0 saturated heterocycles. The molecule has 0 bridgehead atoms. The zero-order valence-electron chi connectivity index (χ0n) is 9.14. The van der Waals surface area contributed by atoms with Crippen LogP contribution in [0.4, 0.5) is 0 Å². The molecular weight excluding hydrogens is 228 g/mol. The summed E-state index contributed by atoms with van der Waals surface area (Å²) in [4.78, 5) is 5.27. The minimum atomic E-state index is 0.189. The number of hydrogen-bond acceptors (Lipinski definition) is 5. The van der Waals surface area contributed by atoms with Crippen LogP contribution in [0.3, 0.4) is 0 Å². The smallest absolute Gasteiger partial charge is 0.0794 e. The SMILES string of the molecule is CSCCC(CO)NC(C)c1cncs1. The lowest BCUT2D eigenvalue weighted by Gasteiger charge is -2.20. The fourth-order valence-corrected chi connectivity index (χ4v) is 2.52. The Balaban J connectivity index is 2.37. The van der Waals surface area contributed by atoms with Gasteiger partial charge in [0.1, 0.15) is 0 Å². The first kappa shape index (κ1) is 13.0. The van der Waals surface area contributed by atoms with Crippen molar-refractivity contribution in [2.75, 3.05) is 18.6 Å². The zero-order chi connectivity index (χ0) is 11.1. The standard InChI is InChI=1S/C10H18N2OS2/c1-8(10-5-11-7-15-10)12-9(6-13)3-4-14-2/h5,7-9,12-13H,3-4,6H2,1-2H3. The van der Waals surface area contributed by atoms with E-state index < -0.39 is 0 Å². The minimum absolute atomic E-state index is 0.189. The number of thioether (sulfide) groups is 1. The highest BCUT2D eigenvalue weighted by Gasteiger charge is 2.13. The maximum atomic E-state index is 9.22. The summed E-state index contributed by atoms with van der Waals surface area (Å²) in [6, 6.07) is 0.464. The molecule has 2 unspecified atom stereocenters. The van der Waals surface area contributed by atoms with Crippen molar-refractivity contribution >= 4 is 23.1 Å². The highest BCUT2D eigenvalue weighted by molar-refractivity contribution is 7.98. The van der Waals surface area contributed by atoms with Crippen LogP contribution < -0.4 is 5.32 Å². The molecule has 0 aliphatic carbocycles. The third-order valence-corrected chi connectivity index (χ3v) is 3.86. The predicted octanol–water partition coefficient (Wildman–Crippen LogP) is 1.91. The summed E-state index contributed by atoms with van der Waals surface area (Å²) in [5.41, 5.74) is 1.84. The first-order valence-corrected chi connectivity index (χ1v) is 7.29. The quantitative estimate of drug-likeness (QED) is 0.771. The van der Waals surface area contributed by atoms with E-state index in [-0.39, 0.29) is 18.7 Å². The van der Waals surface area contributed by atoms with Crippen molar-refractivity contribution < 1.29 is 5.11 Å². The normalized spacial score (nSPS) is 15.1. The van der Waals surface area contributed by atoms with Crippen LogP contribution in [0.5, 0.6) is 0 Å². The Morgan fingerprint density at radius 2 is 2.47 bits per heavy atom. The van der Waals surface area contributed by atoms with Crippen LogP contribution in [-0.2, 0) is 0 Å². The van der Waals surface area contributed by atoms with Gasteiger partial charge in [-0.05, 0) is 25.4 Å². The molecule has 0 aliphatic rings. The third kappa shape index (κ3) is 4.51. The third-order valence-electron chi connectivity index (χ3n) is 2.25. The van der Waals surface area contributed by atoms with Crippen LogP contribution in [0.1, 0.15) is 24.3 Å². The molecular formula is C10H18N2OS2. The highest BCUT2D eigenvalue weighted by Crippen LogP contribution is 2.17. The van der Waals surface area contributed by atoms with Crippen LogP contribution in [0.2, 0.25) is 0 Å². The van der Waals surface area contributed by atoms with Crippen molar-refractivity contribution in [3.63, 3.8) is 0 Å². The largest absolute Gasteiger partial charge is 0.395 e. The summed E-state index contributed by atoms with van der Waals surface area (Å²) in [5, 5.41) is 12.6. The number of aliphatic hydroxyl groups is 1. The lowest BCUT2D eigenvalue weighted by Crippen LogP contribution is -2.34. The van der Waals surface area contributed by atoms with Gasteiger partial charge in [0.05, 0.1) is 12.1 Å². The first-order valence-electron chi connectivity index (χ1n) is 5.02. The predicted molar refractivity (Wildman–Crippen MR) is 67.5 cm³/mol. The van der Waals surface area contributed by atoms with Gasteiger partial charge in [0.25, 0.3) is 0 Å². The van der Waals surface area contributed by atoms with Crippen molar-refractivity contribution in [1.29, 1.82) is 0 Å². The van der Waals surface area contributed by atoms with E-state index in [0.29, 0.717) is 0 Å². The summed E-state index contributed by atoms with van der Waals surface area (Å²) in [6.07, 6.45) is 4.97. The van der Waals surface area contributed by atoms with Gasteiger partial charge < -0.3 is 10.4 Å². The molecule has 0 radical (unpaired) electrons. The highest BCUT2D eigenvalue weighted by atomic mass is 32.2. The van der Waals surface area contributed by atoms with Crippen LogP contribution in [0, 0.1) is 0 Å². The van der Waals surface area contributed by atoms with E-state index in [1.54, 1.807) is 11.3 Å². The second-order valence-corrected chi connectivity index (χ2v) is 5.36. The summed E-state index contributed by atoms with van der Waals surface area (Å²) in [6.45, 7) is 2.30. The molecule has 0 amide bonds. The number of thiazole rings is 1. The van der Waals surface area contributed by atoms with E-state index in [0.717, 1.165) is 12.2 Å². The van der Waals surface area contributed by atoms with Gasteiger partial charge in [-0.1, -0.05) is 0 Å². The van der Waals surface area contributed by atoms with Crippen molar-refractivity contribution in [2.45, 2.75) is 25.4 Å². The van der Waals surface area contributed by atoms with Gasteiger partial charge in [-0.15, -0.1) is 11.3 Å². The lowest BCUT2D eigenvalue weighted by molar-refractivity contribution is 0.231. The molecule has 0 aliphatic heterocycles. The van der Waals surface area contributed by atoms with Crippen molar-refractivity contribution in [3.05, 3.63) is 16.6 Å². The van der Waals surface area contributed by atoms with Crippen LogP contribution in [0.15, 0.2) is 11.7 Å². The molecule has 86 valence electrons. The number of rotatable bonds is 7. The van der Waals surface area contributed by atoms with Crippen LogP contribution in [-0.4, -0.2) is 34.7 Å². The maximum Gasteiger partial charge on any atom is 0.0794 e. The summed E-state index contributed by atoms with van der Waals surface area (Å²) in [5.74, 6) is 1.08. The Labute approximate surface area is 99.3 Å². The Morgan fingerprint density at radius 1 is 1.67 bits per heavy atom. The van der Waals surface area contributed by atoms with Crippen molar-refractivity contribution in [3.8, 4) is 0 Å². The van der Waals surface area contributed by atoms with E-state index in [1.807, 2.05) is 23.5 Å². The fourth-order valence-electron chi connectivity index (χ4n) is 1.36. The molecule has 0 aromatic carbocycles. The minimum Gasteiger partial charge on any atom is -0.395 e. The molecule has 0 fully saturated rings. The molecule has 2 N–H and O–H groups in total. The summed E-state index contributed by atoms with van der Waals surface area (Å²) < 4.78 is 0. The molecule has 1 aromatic rings. The molecule has 1 heterocycles. The number of aromatic nitrogens is 1. The zero-order valence-corrected chi connectivity index (χ0v) is 10.8. The molecule has 5 heteroatoms. The maximum absolute atomic E-state index is 9.22. The van der Waals surface area contributed by atoms with Gasteiger partial charge in [-0.3, -0.25) is 4.98 Å². The average molecular weight is 246 g/mol. The van der Waals surface area contributed by atoms with Gasteiger partial charge in [0.15, 0.2) is 0 Å². The summed E-state index contributed by atoms with van der Waals surface area (Å²) >= 11 is 3.46. The number of hydrogen-bond donors (Lipinski definition) is 2. The molecule has 1 aromatic heterocycles. The second-order valence-electron chi connectivity index (χ2n) is 3.45. The Morgan fingerprint density at radius 3 is 3.00 bits per heavy atom. The van der Waals surface area contributed by atoms with E-state index >= 15 is 0 Å². The molecule has 0 saturated carbocycles. The summed E-state index contributed by atoms with van der Waals surface area (Å²) in [7, 11) is 0. The van der Waals surface area contributed by atoms with Gasteiger partial charge in [0.2, 0.25) is 0 Å². The molecule has 3 nitrogen and oxygen atoms in total. The number of aliphatic hydroxyl groups excluding tert-OH is 1. The van der Waals surface area contributed by atoms with Gasteiger partial charge in [-0.2, -0.15) is 11.8 Å². The first-order chi connectivity index (χ1) is 7.27. The van der Waals surface area contributed by atoms with Gasteiger partial charge in [-0.25, -0.2) is 0 Å². The van der Waals surface area contributed by atoms with Gasteiger partial charge in [0, 0.05) is 23.2 Å². The van der Waals surface area contributed by atoms with Crippen LogP contribution in [0.25, 0.3) is 0 Å². The van der Waals surface area contributed by atoms with Gasteiger partial charge >= 0.3 is 0 Å². The monoisotopic (exact) mass is 246 g/mol. The Kier molecular flexibility index (Phi) is 6.24. The van der Waals surface area contributed by atoms with E-state index in [2.05, 4.69) is 23.5 Å². The van der Waals surface area contributed by atoms with Crippen LogP contribution >= 0.6 is 23.1 Å². The molecule has 15 heavy (non-hydrogen) atoms. The van der Waals surface area contributed by atoms with E-state index in [4.69, 9.17) is 0 Å². The molecule has 1 rings (SSSR count). The second kappa shape index (κ2) is 7.22. The Bertz CT molecular complexity index is 254. The average Bonchev–Trinajstić information content (AvgIpc) is 2.77. The Hall–Kier alpha value is -0.100. The number of nitrogens with zero attached hydrogens (tertiary/aromatic N) is 1. The van der Waals surface area contributed by atoms with E-state index in [1.165, 1.54) is 4.88 Å². The topological polar surface area (TPSA) is 45.1 Å². The van der Waals surface area contributed by atoms with Crippen molar-refractivity contribution in [2.24, 2.45) is 0 Å². The number of nitrogens with one attached hydrogen (secondary N) is 1. The fraction of sp³-hybridized carbons (Fsp3) is 0.700. The lowest BCUT2D eigenvalue weighted by atomic mass is 10.2. The van der Waals surface area contributed by atoms with Crippen molar-refractivity contribution in [1.82, 2.24) is 10.3 Å². The molecule has 2 atom stereocenters.